The highest BCUT2D eigenvalue weighted by Crippen LogP contribution is 2.31. The average molecular weight is 264 g/mol. The first-order chi connectivity index (χ1) is 9.15. The molecule has 1 unspecified atom stereocenters. The minimum Gasteiger partial charge on any atom is -0.493 e. The largest absolute Gasteiger partial charge is 0.493 e. The predicted molar refractivity (Wildman–Crippen MR) is 72.1 cm³/mol. The highest BCUT2D eigenvalue weighted by Gasteiger charge is 2.27. The first kappa shape index (κ1) is 13.7. The Morgan fingerprint density at radius 1 is 1.53 bits per heavy atom. The molecule has 19 heavy (non-hydrogen) atoms. The van der Waals surface area contributed by atoms with Gasteiger partial charge in [0.2, 0.25) is 0 Å². The Hall–Kier alpha value is -1.75. The van der Waals surface area contributed by atoms with Gasteiger partial charge in [0, 0.05) is 18.2 Å². The van der Waals surface area contributed by atoms with Crippen LogP contribution in [0.2, 0.25) is 0 Å². The van der Waals surface area contributed by atoms with Crippen molar-refractivity contribution in [2.75, 3.05) is 7.11 Å². The van der Waals surface area contributed by atoms with Crippen molar-refractivity contribution >= 4 is 5.91 Å². The Kier molecular flexibility index (Phi) is 4.27. The van der Waals surface area contributed by atoms with Crippen molar-refractivity contribution in [3.8, 4) is 11.5 Å². The molecule has 5 nitrogen and oxygen atoms in total. The summed E-state index contributed by atoms with van der Waals surface area (Å²) in [4.78, 5) is 11.9. The fraction of sp³-hybridized carbons (Fsp3) is 0.500. The number of nitrogens with one attached hydrogen (secondary N) is 1. The standard InChI is InChI=1S/C14H20N2O3/c1-9(14(17)16-11-6-7-11)19-13-10(8-15)4-3-5-12(13)18-2/h3-5,9,11H,6-8,15H2,1-2H3,(H,16,17). The average Bonchev–Trinajstić information content (AvgIpc) is 3.22. The van der Waals surface area contributed by atoms with Crippen molar-refractivity contribution in [3.05, 3.63) is 23.8 Å². The van der Waals surface area contributed by atoms with E-state index < -0.39 is 6.10 Å². The molecule has 1 atom stereocenters. The van der Waals surface area contributed by atoms with Crippen LogP contribution in [0.5, 0.6) is 11.5 Å². The zero-order chi connectivity index (χ0) is 13.8. The second kappa shape index (κ2) is 5.93. The van der Waals surface area contributed by atoms with Crippen molar-refractivity contribution in [1.29, 1.82) is 0 Å². The molecule has 1 aromatic carbocycles. The minimum atomic E-state index is -0.567. The third-order valence-electron chi connectivity index (χ3n) is 3.09. The fourth-order valence-corrected chi connectivity index (χ4v) is 1.79. The number of ether oxygens (including phenoxy) is 2. The summed E-state index contributed by atoms with van der Waals surface area (Å²) in [5.41, 5.74) is 6.51. The van der Waals surface area contributed by atoms with Crippen LogP contribution in [0.3, 0.4) is 0 Å². The van der Waals surface area contributed by atoms with Crippen LogP contribution >= 0.6 is 0 Å². The maximum absolute atomic E-state index is 11.9. The number of hydrogen-bond acceptors (Lipinski definition) is 4. The Labute approximate surface area is 113 Å². The summed E-state index contributed by atoms with van der Waals surface area (Å²) in [5, 5.41) is 2.91. The highest BCUT2D eigenvalue weighted by atomic mass is 16.5. The van der Waals surface area contributed by atoms with Gasteiger partial charge in [0.05, 0.1) is 7.11 Å². The summed E-state index contributed by atoms with van der Waals surface area (Å²) in [6.45, 7) is 2.06. The molecule has 0 heterocycles. The molecule has 1 fully saturated rings. The lowest BCUT2D eigenvalue weighted by Crippen LogP contribution is -2.37. The molecule has 0 spiro atoms. The van der Waals surface area contributed by atoms with E-state index in [2.05, 4.69) is 5.32 Å². The third kappa shape index (κ3) is 3.38. The second-order valence-corrected chi connectivity index (χ2v) is 4.70. The molecule has 3 N–H and O–H groups in total. The zero-order valence-electron chi connectivity index (χ0n) is 11.3. The van der Waals surface area contributed by atoms with E-state index in [4.69, 9.17) is 15.2 Å². The van der Waals surface area contributed by atoms with E-state index in [0.717, 1.165) is 18.4 Å². The molecule has 1 amide bonds. The number of hydrogen-bond donors (Lipinski definition) is 2. The Morgan fingerprint density at radius 3 is 2.84 bits per heavy atom. The Morgan fingerprint density at radius 2 is 2.26 bits per heavy atom. The quantitative estimate of drug-likeness (QED) is 0.809. The first-order valence-corrected chi connectivity index (χ1v) is 6.48. The van der Waals surface area contributed by atoms with Crippen LogP contribution in [0.25, 0.3) is 0 Å². The minimum absolute atomic E-state index is 0.101. The van der Waals surface area contributed by atoms with Gasteiger partial charge in [-0.15, -0.1) is 0 Å². The highest BCUT2D eigenvalue weighted by molar-refractivity contribution is 5.81. The maximum Gasteiger partial charge on any atom is 0.260 e. The van der Waals surface area contributed by atoms with Gasteiger partial charge in [-0.3, -0.25) is 4.79 Å². The van der Waals surface area contributed by atoms with Gasteiger partial charge < -0.3 is 20.5 Å². The summed E-state index contributed by atoms with van der Waals surface area (Å²) in [5.74, 6) is 1.04. The zero-order valence-corrected chi connectivity index (χ0v) is 11.3. The number of nitrogens with two attached hydrogens (primary N) is 1. The molecule has 1 aliphatic rings. The molecule has 104 valence electrons. The van der Waals surface area contributed by atoms with Crippen LogP contribution in [0.1, 0.15) is 25.3 Å². The second-order valence-electron chi connectivity index (χ2n) is 4.70. The van der Waals surface area contributed by atoms with Gasteiger partial charge in [-0.25, -0.2) is 0 Å². The lowest BCUT2D eigenvalue weighted by Gasteiger charge is -2.19. The molecule has 0 aromatic heterocycles. The molecule has 5 heteroatoms. The maximum atomic E-state index is 11.9. The number of rotatable bonds is 6. The van der Waals surface area contributed by atoms with Gasteiger partial charge in [0.15, 0.2) is 17.6 Å². The number of carbonyl (C=O) groups excluding carboxylic acids is 1. The van der Waals surface area contributed by atoms with Gasteiger partial charge in [-0.2, -0.15) is 0 Å². The molecular formula is C14H20N2O3. The van der Waals surface area contributed by atoms with Crippen molar-refractivity contribution in [3.63, 3.8) is 0 Å². The van der Waals surface area contributed by atoms with Crippen molar-refractivity contribution < 1.29 is 14.3 Å². The monoisotopic (exact) mass is 264 g/mol. The van der Waals surface area contributed by atoms with Crippen LogP contribution in [0.15, 0.2) is 18.2 Å². The lowest BCUT2D eigenvalue weighted by atomic mass is 10.2. The SMILES string of the molecule is COc1cccc(CN)c1OC(C)C(=O)NC1CC1. The first-order valence-electron chi connectivity index (χ1n) is 6.48. The van der Waals surface area contributed by atoms with Gasteiger partial charge >= 0.3 is 0 Å². The van der Waals surface area contributed by atoms with Gasteiger partial charge in [0.25, 0.3) is 5.91 Å². The number of carbonyl (C=O) groups is 1. The van der Waals surface area contributed by atoms with E-state index in [1.807, 2.05) is 12.1 Å². The summed E-state index contributed by atoms with van der Waals surface area (Å²) >= 11 is 0. The fourth-order valence-electron chi connectivity index (χ4n) is 1.79. The van der Waals surface area contributed by atoms with Crippen molar-refractivity contribution in [1.82, 2.24) is 5.32 Å². The van der Waals surface area contributed by atoms with Gasteiger partial charge in [0.1, 0.15) is 0 Å². The van der Waals surface area contributed by atoms with Crippen LogP contribution in [0.4, 0.5) is 0 Å². The summed E-state index contributed by atoms with van der Waals surface area (Å²) in [6.07, 6.45) is 1.55. The van der Waals surface area contributed by atoms with E-state index in [1.54, 1.807) is 20.1 Å². The smallest absolute Gasteiger partial charge is 0.260 e. The summed E-state index contributed by atoms with van der Waals surface area (Å²) in [7, 11) is 1.57. The molecule has 1 aliphatic carbocycles. The molecular weight excluding hydrogens is 244 g/mol. The molecule has 0 radical (unpaired) electrons. The molecule has 1 aromatic rings. The van der Waals surface area contributed by atoms with E-state index in [1.165, 1.54) is 0 Å². The van der Waals surface area contributed by atoms with Crippen molar-refractivity contribution in [2.45, 2.75) is 38.5 Å². The van der Waals surface area contributed by atoms with Crippen molar-refractivity contribution in [2.24, 2.45) is 5.73 Å². The third-order valence-corrected chi connectivity index (χ3v) is 3.09. The molecule has 0 saturated heterocycles. The topological polar surface area (TPSA) is 73.6 Å². The lowest BCUT2D eigenvalue weighted by molar-refractivity contribution is -0.127. The summed E-state index contributed by atoms with van der Waals surface area (Å²) in [6, 6.07) is 5.83. The number of amides is 1. The summed E-state index contributed by atoms with van der Waals surface area (Å²) < 4.78 is 11.0. The van der Waals surface area contributed by atoms with E-state index >= 15 is 0 Å². The van der Waals surface area contributed by atoms with Crippen LogP contribution in [-0.2, 0) is 11.3 Å². The van der Waals surface area contributed by atoms with E-state index in [9.17, 15) is 4.79 Å². The van der Waals surface area contributed by atoms with Crippen LogP contribution in [0, 0.1) is 0 Å². The molecule has 1 saturated carbocycles. The van der Waals surface area contributed by atoms with Crippen LogP contribution in [-0.4, -0.2) is 25.2 Å². The normalized spacial score (nSPS) is 15.7. The van der Waals surface area contributed by atoms with Gasteiger partial charge in [-0.05, 0) is 25.8 Å². The Bertz CT molecular complexity index is 436. The number of benzene rings is 1. The number of methoxy groups -OCH3 is 1. The van der Waals surface area contributed by atoms with Gasteiger partial charge in [-0.1, -0.05) is 12.1 Å². The van der Waals surface area contributed by atoms with E-state index in [0.29, 0.717) is 24.1 Å². The van der Waals surface area contributed by atoms with Crippen LogP contribution < -0.4 is 20.5 Å². The molecule has 2 rings (SSSR count). The Balaban J connectivity index is 2.09. The molecule has 0 bridgehead atoms. The van der Waals surface area contributed by atoms with E-state index in [-0.39, 0.29) is 5.91 Å². The number of para-hydroxylation sites is 1. The predicted octanol–water partition coefficient (Wildman–Crippen LogP) is 1.20. The molecule has 0 aliphatic heterocycles.